The molecule has 1 heterocycles. The van der Waals surface area contributed by atoms with Crippen molar-refractivity contribution >= 4 is 11.6 Å². The Morgan fingerprint density at radius 1 is 1.63 bits per heavy atom. The van der Waals surface area contributed by atoms with E-state index in [9.17, 15) is 4.79 Å². The number of amides is 1. The number of rotatable bonds is 5. The van der Waals surface area contributed by atoms with E-state index in [1.807, 2.05) is 6.92 Å². The van der Waals surface area contributed by atoms with Gasteiger partial charge in [0.2, 0.25) is 0 Å². The van der Waals surface area contributed by atoms with E-state index in [-0.39, 0.29) is 5.91 Å². The van der Waals surface area contributed by atoms with Gasteiger partial charge in [-0.3, -0.25) is 14.7 Å². The number of aryl methyl sites for hydroxylation is 1. The van der Waals surface area contributed by atoms with Crippen LogP contribution in [0.3, 0.4) is 0 Å². The fourth-order valence-corrected chi connectivity index (χ4v) is 2.09. The van der Waals surface area contributed by atoms with E-state index < -0.39 is 0 Å². The van der Waals surface area contributed by atoms with Crippen LogP contribution in [0.2, 0.25) is 0 Å². The Morgan fingerprint density at radius 3 is 2.89 bits per heavy atom. The SMILES string of the molecule is Cc1cc(N)c(C(=O)NCC(C)N(C)C2CC2)cn1. The maximum absolute atomic E-state index is 12.0. The molecular weight excluding hydrogens is 240 g/mol. The maximum atomic E-state index is 12.0. The van der Waals surface area contributed by atoms with Gasteiger partial charge in [-0.2, -0.15) is 0 Å². The largest absolute Gasteiger partial charge is 0.398 e. The number of hydrogen-bond donors (Lipinski definition) is 2. The lowest BCUT2D eigenvalue weighted by atomic mass is 10.2. The zero-order valence-electron chi connectivity index (χ0n) is 11.8. The van der Waals surface area contributed by atoms with Crippen molar-refractivity contribution in [3.8, 4) is 0 Å². The third kappa shape index (κ3) is 3.44. The van der Waals surface area contributed by atoms with Crippen molar-refractivity contribution in [1.29, 1.82) is 0 Å². The van der Waals surface area contributed by atoms with E-state index in [1.54, 1.807) is 6.07 Å². The number of nitrogens with zero attached hydrogens (tertiary/aromatic N) is 2. The number of aromatic nitrogens is 1. The number of nitrogens with one attached hydrogen (secondary N) is 1. The molecule has 1 amide bonds. The van der Waals surface area contributed by atoms with Crippen LogP contribution in [0.5, 0.6) is 0 Å². The van der Waals surface area contributed by atoms with Crippen LogP contribution in [0.25, 0.3) is 0 Å². The summed E-state index contributed by atoms with van der Waals surface area (Å²) in [5.41, 5.74) is 7.58. The quantitative estimate of drug-likeness (QED) is 0.836. The van der Waals surface area contributed by atoms with E-state index >= 15 is 0 Å². The van der Waals surface area contributed by atoms with Gasteiger partial charge in [0.1, 0.15) is 0 Å². The molecule has 2 rings (SSSR count). The monoisotopic (exact) mass is 262 g/mol. The molecule has 1 aromatic rings. The Hall–Kier alpha value is -1.62. The second-order valence-electron chi connectivity index (χ2n) is 5.37. The fraction of sp³-hybridized carbons (Fsp3) is 0.571. The van der Waals surface area contributed by atoms with E-state index in [4.69, 9.17) is 5.73 Å². The lowest BCUT2D eigenvalue weighted by Crippen LogP contribution is -2.41. The molecule has 0 aromatic carbocycles. The highest BCUT2D eigenvalue weighted by Gasteiger charge is 2.29. The molecule has 104 valence electrons. The average Bonchev–Trinajstić information content (AvgIpc) is 3.18. The summed E-state index contributed by atoms with van der Waals surface area (Å²) in [6, 6.07) is 2.74. The van der Waals surface area contributed by atoms with E-state index in [0.717, 1.165) is 5.69 Å². The molecule has 0 aliphatic heterocycles. The Balaban J connectivity index is 1.89. The van der Waals surface area contributed by atoms with Crippen LogP contribution in [0.15, 0.2) is 12.3 Å². The number of nitrogens with two attached hydrogens (primary N) is 1. The van der Waals surface area contributed by atoms with Gasteiger partial charge in [0.05, 0.1) is 5.56 Å². The smallest absolute Gasteiger partial charge is 0.255 e. The summed E-state index contributed by atoms with van der Waals surface area (Å²) >= 11 is 0. The van der Waals surface area contributed by atoms with Gasteiger partial charge in [0.25, 0.3) is 5.91 Å². The summed E-state index contributed by atoms with van der Waals surface area (Å²) in [6.45, 7) is 4.60. The molecule has 3 N–H and O–H groups in total. The lowest BCUT2D eigenvalue weighted by Gasteiger charge is -2.24. The van der Waals surface area contributed by atoms with Crippen molar-refractivity contribution in [2.75, 3.05) is 19.3 Å². The first kappa shape index (κ1) is 13.8. The van der Waals surface area contributed by atoms with Crippen LogP contribution in [0, 0.1) is 6.92 Å². The van der Waals surface area contributed by atoms with Gasteiger partial charge in [-0.1, -0.05) is 0 Å². The standard InChI is InChI=1S/C14H22N4O/c1-9-6-13(15)12(8-16-9)14(19)17-7-10(2)18(3)11-4-5-11/h6,8,10-11H,4-5,7H2,1-3H3,(H2,15,16)(H,17,19). The molecular formula is C14H22N4O. The number of anilines is 1. The van der Waals surface area contributed by atoms with Crippen molar-refractivity contribution in [2.45, 2.75) is 38.8 Å². The molecule has 0 spiro atoms. The Kier molecular flexibility index (Phi) is 4.04. The number of pyridine rings is 1. The highest BCUT2D eigenvalue weighted by molar-refractivity contribution is 5.98. The molecule has 1 atom stereocenters. The number of hydrogen-bond acceptors (Lipinski definition) is 4. The van der Waals surface area contributed by atoms with Gasteiger partial charge in [-0.15, -0.1) is 0 Å². The van der Waals surface area contributed by atoms with Crippen LogP contribution in [-0.4, -0.2) is 41.5 Å². The first-order chi connectivity index (χ1) is 8.99. The zero-order chi connectivity index (χ0) is 14.0. The molecule has 0 bridgehead atoms. The average molecular weight is 262 g/mol. The minimum atomic E-state index is -0.152. The highest BCUT2D eigenvalue weighted by atomic mass is 16.1. The Morgan fingerprint density at radius 2 is 2.32 bits per heavy atom. The first-order valence-corrected chi connectivity index (χ1v) is 6.71. The molecule has 1 saturated carbocycles. The van der Waals surface area contributed by atoms with Gasteiger partial charge in [0, 0.05) is 36.2 Å². The van der Waals surface area contributed by atoms with E-state index in [2.05, 4.69) is 29.2 Å². The van der Waals surface area contributed by atoms with Crippen LogP contribution >= 0.6 is 0 Å². The first-order valence-electron chi connectivity index (χ1n) is 6.71. The van der Waals surface area contributed by atoms with Gasteiger partial charge in [-0.25, -0.2) is 0 Å². The van der Waals surface area contributed by atoms with Gasteiger partial charge in [-0.05, 0) is 39.8 Å². The van der Waals surface area contributed by atoms with Crippen molar-refractivity contribution < 1.29 is 4.79 Å². The molecule has 1 unspecified atom stereocenters. The zero-order valence-corrected chi connectivity index (χ0v) is 11.8. The van der Waals surface area contributed by atoms with Crippen LogP contribution in [0.1, 0.15) is 35.8 Å². The van der Waals surface area contributed by atoms with Crippen LogP contribution < -0.4 is 11.1 Å². The Labute approximate surface area is 114 Å². The highest BCUT2D eigenvalue weighted by Crippen LogP contribution is 2.26. The predicted octanol–water partition coefficient (Wildman–Crippen LogP) is 1.18. The van der Waals surface area contributed by atoms with E-state index in [0.29, 0.717) is 29.9 Å². The summed E-state index contributed by atoms with van der Waals surface area (Å²) in [5.74, 6) is -0.152. The number of likely N-dealkylation sites (N-methyl/N-ethyl adjacent to an activating group) is 1. The van der Waals surface area contributed by atoms with Crippen LogP contribution in [0.4, 0.5) is 5.69 Å². The van der Waals surface area contributed by atoms with Crippen molar-refractivity contribution in [1.82, 2.24) is 15.2 Å². The summed E-state index contributed by atoms with van der Waals surface area (Å²) < 4.78 is 0. The molecule has 5 nitrogen and oxygen atoms in total. The van der Waals surface area contributed by atoms with Crippen molar-refractivity contribution in [3.63, 3.8) is 0 Å². The maximum Gasteiger partial charge on any atom is 0.255 e. The van der Waals surface area contributed by atoms with Gasteiger partial charge < -0.3 is 11.1 Å². The normalized spacial score (nSPS) is 16.4. The molecule has 19 heavy (non-hydrogen) atoms. The number of carbonyl (C=O) groups excluding carboxylic acids is 1. The minimum Gasteiger partial charge on any atom is -0.398 e. The summed E-state index contributed by atoms with van der Waals surface area (Å²) in [4.78, 5) is 18.5. The summed E-state index contributed by atoms with van der Waals surface area (Å²) in [7, 11) is 2.11. The van der Waals surface area contributed by atoms with Gasteiger partial charge >= 0.3 is 0 Å². The molecule has 5 heteroatoms. The third-order valence-corrected chi connectivity index (χ3v) is 3.69. The van der Waals surface area contributed by atoms with Gasteiger partial charge in [0.15, 0.2) is 0 Å². The molecule has 1 aliphatic carbocycles. The number of carbonyl (C=O) groups is 1. The summed E-state index contributed by atoms with van der Waals surface area (Å²) in [5, 5.41) is 2.92. The fourth-order valence-electron chi connectivity index (χ4n) is 2.09. The molecule has 1 fully saturated rings. The second-order valence-corrected chi connectivity index (χ2v) is 5.37. The topological polar surface area (TPSA) is 71.2 Å². The van der Waals surface area contributed by atoms with Crippen LogP contribution in [-0.2, 0) is 0 Å². The lowest BCUT2D eigenvalue weighted by molar-refractivity contribution is 0.0940. The Bertz CT molecular complexity index is 471. The van der Waals surface area contributed by atoms with Crippen molar-refractivity contribution in [2.24, 2.45) is 0 Å². The predicted molar refractivity (Wildman–Crippen MR) is 76.0 cm³/mol. The third-order valence-electron chi connectivity index (χ3n) is 3.69. The molecule has 0 radical (unpaired) electrons. The molecule has 0 saturated heterocycles. The number of nitrogen functional groups attached to an aromatic ring is 1. The molecule has 1 aromatic heterocycles. The minimum absolute atomic E-state index is 0.152. The molecule has 1 aliphatic rings. The second kappa shape index (κ2) is 5.57. The van der Waals surface area contributed by atoms with E-state index in [1.165, 1.54) is 19.0 Å². The summed E-state index contributed by atoms with van der Waals surface area (Å²) in [6.07, 6.45) is 4.07. The van der Waals surface area contributed by atoms with Crippen molar-refractivity contribution in [3.05, 3.63) is 23.5 Å².